The molecule has 0 radical (unpaired) electrons. The van der Waals surface area contributed by atoms with Crippen molar-refractivity contribution >= 4 is 23.0 Å². The van der Waals surface area contributed by atoms with E-state index in [0.717, 1.165) is 12.1 Å². The Morgan fingerprint density at radius 3 is 2.44 bits per heavy atom. The number of hydrogen-bond acceptors (Lipinski definition) is 3. The standard InChI is InChI=1S/C19H13F4N3O/c20-13-4-3-5-14(9-13)26-18(27)12-8-15(11-24-10-12)25-17-7-2-1-6-16(17)19(21,22)23/h1-11,25H,(H,26,27). The van der Waals surface area contributed by atoms with Gasteiger partial charge in [-0.15, -0.1) is 0 Å². The van der Waals surface area contributed by atoms with Gasteiger partial charge in [0.25, 0.3) is 5.91 Å². The third-order valence-corrected chi connectivity index (χ3v) is 3.59. The van der Waals surface area contributed by atoms with Crippen molar-refractivity contribution in [3.63, 3.8) is 0 Å². The van der Waals surface area contributed by atoms with Gasteiger partial charge in [0.15, 0.2) is 0 Å². The summed E-state index contributed by atoms with van der Waals surface area (Å²) in [4.78, 5) is 16.1. The molecule has 3 rings (SSSR count). The van der Waals surface area contributed by atoms with Crippen molar-refractivity contribution in [3.05, 3.63) is 83.9 Å². The lowest BCUT2D eigenvalue weighted by Gasteiger charge is -2.14. The van der Waals surface area contributed by atoms with E-state index in [0.29, 0.717) is 0 Å². The summed E-state index contributed by atoms with van der Waals surface area (Å²) in [6.45, 7) is 0. The molecule has 0 unspecified atom stereocenters. The summed E-state index contributed by atoms with van der Waals surface area (Å²) in [7, 11) is 0. The van der Waals surface area contributed by atoms with E-state index in [1.165, 1.54) is 54.9 Å². The first-order chi connectivity index (χ1) is 12.8. The first kappa shape index (κ1) is 18.4. The van der Waals surface area contributed by atoms with Gasteiger partial charge in [-0.2, -0.15) is 13.2 Å². The number of pyridine rings is 1. The number of carbonyl (C=O) groups is 1. The van der Waals surface area contributed by atoms with Crippen LogP contribution in [0.1, 0.15) is 15.9 Å². The Hall–Kier alpha value is -3.42. The third-order valence-electron chi connectivity index (χ3n) is 3.59. The van der Waals surface area contributed by atoms with E-state index in [4.69, 9.17) is 0 Å². The zero-order chi connectivity index (χ0) is 19.4. The zero-order valence-electron chi connectivity index (χ0n) is 13.7. The van der Waals surface area contributed by atoms with Gasteiger partial charge in [-0.1, -0.05) is 18.2 Å². The second-order valence-electron chi connectivity index (χ2n) is 5.60. The number of rotatable bonds is 4. The number of alkyl halides is 3. The van der Waals surface area contributed by atoms with Crippen LogP contribution in [-0.2, 0) is 6.18 Å². The van der Waals surface area contributed by atoms with Gasteiger partial charge < -0.3 is 10.6 Å². The van der Waals surface area contributed by atoms with Crippen molar-refractivity contribution in [2.45, 2.75) is 6.18 Å². The number of carbonyl (C=O) groups excluding carboxylic acids is 1. The van der Waals surface area contributed by atoms with Crippen LogP contribution in [0, 0.1) is 5.82 Å². The molecule has 0 aliphatic carbocycles. The normalized spacial score (nSPS) is 11.1. The molecule has 27 heavy (non-hydrogen) atoms. The number of nitrogens with one attached hydrogen (secondary N) is 2. The van der Waals surface area contributed by atoms with E-state index in [2.05, 4.69) is 15.6 Å². The summed E-state index contributed by atoms with van der Waals surface area (Å²) in [6, 6.07) is 11.7. The fourth-order valence-corrected chi connectivity index (χ4v) is 2.40. The fraction of sp³-hybridized carbons (Fsp3) is 0.0526. The van der Waals surface area contributed by atoms with Crippen molar-refractivity contribution in [1.29, 1.82) is 0 Å². The molecule has 0 aliphatic heterocycles. The average molecular weight is 375 g/mol. The summed E-state index contributed by atoms with van der Waals surface area (Å²) >= 11 is 0. The highest BCUT2D eigenvalue weighted by Crippen LogP contribution is 2.35. The van der Waals surface area contributed by atoms with Crippen molar-refractivity contribution in [2.24, 2.45) is 0 Å². The molecule has 2 aromatic carbocycles. The molecular weight excluding hydrogens is 362 g/mol. The number of nitrogens with zero attached hydrogens (tertiary/aromatic N) is 1. The maximum Gasteiger partial charge on any atom is 0.418 e. The number of halogens is 4. The molecule has 8 heteroatoms. The van der Waals surface area contributed by atoms with Gasteiger partial charge in [0.2, 0.25) is 0 Å². The Morgan fingerprint density at radius 1 is 0.926 bits per heavy atom. The van der Waals surface area contributed by atoms with Crippen LogP contribution < -0.4 is 10.6 Å². The first-order valence-electron chi connectivity index (χ1n) is 7.78. The second kappa shape index (κ2) is 7.45. The van der Waals surface area contributed by atoms with Gasteiger partial charge in [-0.3, -0.25) is 9.78 Å². The Kier molecular flexibility index (Phi) is 5.07. The Balaban J connectivity index is 1.81. The number of hydrogen-bond donors (Lipinski definition) is 2. The number of anilines is 3. The SMILES string of the molecule is O=C(Nc1cccc(F)c1)c1cncc(Nc2ccccc2C(F)(F)F)c1. The molecule has 0 saturated heterocycles. The maximum atomic E-state index is 13.2. The molecule has 0 fully saturated rings. The minimum Gasteiger partial charge on any atom is -0.354 e. The molecule has 0 spiro atoms. The molecule has 3 aromatic rings. The summed E-state index contributed by atoms with van der Waals surface area (Å²) in [5.41, 5.74) is -0.428. The van der Waals surface area contributed by atoms with E-state index in [1.807, 2.05) is 0 Å². The molecule has 0 atom stereocenters. The van der Waals surface area contributed by atoms with Crippen LogP contribution in [0.2, 0.25) is 0 Å². The molecule has 0 bridgehead atoms. The van der Waals surface area contributed by atoms with Crippen LogP contribution in [0.25, 0.3) is 0 Å². The number of benzene rings is 2. The van der Waals surface area contributed by atoms with E-state index in [-0.39, 0.29) is 22.6 Å². The van der Waals surface area contributed by atoms with Crippen molar-refractivity contribution < 1.29 is 22.4 Å². The van der Waals surface area contributed by atoms with Crippen LogP contribution in [0.4, 0.5) is 34.6 Å². The highest BCUT2D eigenvalue weighted by atomic mass is 19.4. The van der Waals surface area contributed by atoms with Crippen LogP contribution in [0.5, 0.6) is 0 Å². The Morgan fingerprint density at radius 2 is 1.70 bits per heavy atom. The monoisotopic (exact) mass is 375 g/mol. The maximum absolute atomic E-state index is 13.2. The smallest absolute Gasteiger partial charge is 0.354 e. The van der Waals surface area contributed by atoms with E-state index < -0.39 is 23.5 Å². The van der Waals surface area contributed by atoms with E-state index in [1.54, 1.807) is 0 Å². The molecule has 2 N–H and O–H groups in total. The Labute approximate surface area is 151 Å². The predicted octanol–water partition coefficient (Wildman–Crippen LogP) is 5.24. The summed E-state index contributed by atoms with van der Waals surface area (Å²) in [6.07, 6.45) is -1.97. The molecule has 1 aromatic heterocycles. The van der Waals surface area contributed by atoms with Crippen LogP contribution in [-0.4, -0.2) is 10.9 Å². The largest absolute Gasteiger partial charge is 0.418 e. The lowest BCUT2D eigenvalue weighted by atomic mass is 10.1. The van der Waals surface area contributed by atoms with E-state index >= 15 is 0 Å². The average Bonchev–Trinajstić information content (AvgIpc) is 2.61. The van der Waals surface area contributed by atoms with Crippen LogP contribution in [0.3, 0.4) is 0 Å². The van der Waals surface area contributed by atoms with Gasteiger partial charge >= 0.3 is 6.18 Å². The van der Waals surface area contributed by atoms with Crippen LogP contribution in [0.15, 0.2) is 67.0 Å². The lowest BCUT2D eigenvalue weighted by Crippen LogP contribution is -2.13. The third kappa shape index (κ3) is 4.60. The topological polar surface area (TPSA) is 54.0 Å². The van der Waals surface area contributed by atoms with Crippen molar-refractivity contribution in [2.75, 3.05) is 10.6 Å². The number of para-hydroxylation sites is 1. The second-order valence-corrected chi connectivity index (χ2v) is 5.60. The summed E-state index contributed by atoms with van der Waals surface area (Å²) < 4.78 is 52.4. The first-order valence-corrected chi connectivity index (χ1v) is 7.78. The van der Waals surface area contributed by atoms with Crippen LogP contribution >= 0.6 is 0 Å². The summed E-state index contributed by atoms with van der Waals surface area (Å²) in [5, 5.41) is 5.12. The highest BCUT2D eigenvalue weighted by Gasteiger charge is 2.33. The summed E-state index contributed by atoms with van der Waals surface area (Å²) in [5.74, 6) is -1.08. The van der Waals surface area contributed by atoms with Gasteiger partial charge in [0, 0.05) is 11.9 Å². The molecular formula is C19H13F4N3O. The highest BCUT2D eigenvalue weighted by molar-refractivity contribution is 6.04. The van der Waals surface area contributed by atoms with E-state index in [9.17, 15) is 22.4 Å². The Bertz CT molecular complexity index is 973. The van der Waals surface area contributed by atoms with Gasteiger partial charge in [-0.25, -0.2) is 4.39 Å². The van der Waals surface area contributed by atoms with Crippen molar-refractivity contribution in [3.8, 4) is 0 Å². The minimum atomic E-state index is -4.52. The lowest BCUT2D eigenvalue weighted by molar-refractivity contribution is -0.136. The predicted molar refractivity (Wildman–Crippen MR) is 93.3 cm³/mol. The molecule has 138 valence electrons. The van der Waals surface area contributed by atoms with Crippen molar-refractivity contribution in [1.82, 2.24) is 4.98 Å². The number of amides is 1. The minimum absolute atomic E-state index is 0.105. The quantitative estimate of drug-likeness (QED) is 0.614. The molecule has 0 aliphatic rings. The molecule has 0 saturated carbocycles. The molecule has 1 amide bonds. The molecule has 4 nitrogen and oxygen atoms in total. The van der Waals surface area contributed by atoms with Gasteiger partial charge in [0.05, 0.1) is 28.7 Å². The number of aromatic nitrogens is 1. The fourth-order valence-electron chi connectivity index (χ4n) is 2.40. The van der Waals surface area contributed by atoms with Gasteiger partial charge in [0.1, 0.15) is 5.82 Å². The van der Waals surface area contributed by atoms with Gasteiger partial charge in [-0.05, 0) is 36.4 Å². The zero-order valence-corrected chi connectivity index (χ0v) is 13.7. The molecule has 1 heterocycles.